The third kappa shape index (κ3) is 4.77. The van der Waals surface area contributed by atoms with Gasteiger partial charge in [-0.1, -0.05) is 30.9 Å². The summed E-state index contributed by atoms with van der Waals surface area (Å²) in [6.07, 6.45) is -1.53. The third-order valence-electron chi connectivity index (χ3n) is 4.58. The van der Waals surface area contributed by atoms with Crippen molar-refractivity contribution in [3.8, 4) is 5.75 Å². The molecule has 4 N–H and O–H groups in total. The summed E-state index contributed by atoms with van der Waals surface area (Å²) in [6, 6.07) is 7.82. The molecule has 0 radical (unpaired) electrons. The minimum absolute atomic E-state index is 0.0964. The van der Waals surface area contributed by atoms with E-state index in [2.05, 4.69) is 27.4 Å². The van der Waals surface area contributed by atoms with Crippen molar-refractivity contribution in [2.24, 2.45) is 0 Å². The molecule has 0 fully saturated rings. The van der Waals surface area contributed by atoms with E-state index >= 15 is 0 Å². The minimum atomic E-state index is -5.08. The Balaban J connectivity index is 0.000000339. The van der Waals surface area contributed by atoms with E-state index in [1.54, 1.807) is 6.08 Å². The fourth-order valence-electron chi connectivity index (χ4n) is 3.35. The standard InChI is InChI=1S/C18H18N4O2.C2HF3O2/c1-2-7-24-15-6-4-3-5-11(15)16-12-8-20-22-18(12)21-13-9-19-10-14(23)17(13)16;3-2(4,5)1(6)7/h2-6,8,16,19H,1,7,9-10H2,(H2,20,21,22);(H,6,7). The highest BCUT2D eigenvalue weighted by molar-refractivity contribution is 6.02. The molecule has 0 aliphatic carbocycles. The molecule has 1 aromatic heterocycles. The van der Waals surface area contributed by atoms with Gasteiger partial charge in [-0.25, -0.2) is 4.79 Å². The van der Waals surface area contributed by atoms with Crippen molar-refractivity contribution in [2.45, 2.75) is 12.1 Å². The van der Waals surface area contributed by atoms with Crippen LogP contribution in [0.3, 0.4) is 0 Å². The number of ether oxygens (including phenoxy) is 1. The van der Waals surface area contributed by atoms with E-state index in [0.29, 0.717) is 19.7 Å². The zero-order valence-electron chi connectivity index (χ0n) is 16.1. The SMILES string of the molecule is C=CCOc1ccccc1C1C2=C(CNCC2=O)Nc2n[nH]cc21.O=C(O)C(F)(F)F. The Labute approximate surface area is 174 Å². The quantitative estimate of drug-likeness (QED) is 0.545. The molecule has 4 rings (SSSR count). The number of aliphatic carboxylic acids is 1. The van der Waals surface area contributed by atoms with Crippen molar-refractivity contribution in [2.75, 3.05) is 25.0 Å². The summed E-state index contributed by atoms with van der Waals surface area (Å²) in [5.74, 6) is -1.33. The molecule has 2 aromatic rings. The van der Waals surface area contributed by atoms with Crippen LogP contribution in [0.15, 0.2) is 54.4 Å². The molecule has 0 bridgehead atoms. The molecule has 0 saturated carbocycles. The molecule has 0 spiro atoms. The van der Waals surface area contributed by atoms with Crippen LogP contribution >= 0.6 is 0 Å². The number of aromatic nitrogens is 2. The topological polar surface area (TPSA) is 116 Å². The Morgan fingerprint density at radius 2 is 2.00 bits per heavy atom. The molecule has 1 unspecified atom stereocenters. The van der Waals surface area contributed by atoms with E-state index in [0.717, 1.165) is 34.0 Å². The highest BCUT2D eigenvalue weighted by Crippen LogP contribution is 2.44. The summed E-state index contributed by atoms with van der Waals surface area (Å²) in [6.45, 7) is 5.09. The fourth-order valence-corrected chi connectivity index (χ4v) is 3.35. The second-order valence-electron chi connectivity index (χ2n) is 6.61. The molecule has 2 aliphatic heterocycles. The smallest absolute Gasteiger partial charge is 0.489 e. The largest absolute Gasteiger partial charge is 0.490 e. The number of hydrogen-bond acceptors (Lipinski definition) is 6. The first-order chi connectivity index (χ1) is 14.7. The van der Waals surface area contributed by atoms with Crippen LogP contribution in [0.5, 0.6) is 5.75 Å². The molecular formula is C20H19F3N4O4. The van der Waals surface area contributed by atoms with E-state index in [4.69, 9.17) is 14.6 Å². The summed E-state index contributed by atoms with van der Waals surface area (Å²) in [7, 11) is 0. The number of H-pyrrole nitrogens is 1. The summed E-state index contributed by atoms with van der Waals surface area (Å²) < 4.78 is 37.6. The molecule has 11 heteroatoms. The van der Waals surface area contributed by atoms with Gasteiger partial charge in [-0.15, -0.1) is 0 Å². The van der Waals surface area contributed by atoms with Crippen molar-refractivity contribution < 1.29 is 32.6 Å². The molecular weight excluding hydrogens is 417 g/mol. The lowest BCUT2D eigenvalue weighted by molar-refractivity contribution is -0.192. The van der Waals surface area contributed by atoms with Gasteiger partial charge >= 0.3 is 12.1 Å². The number of carbonyl (C=O) groups excluding carboxylic acids is 1. The first-order valence-corrected chi connectivity index (χ1v) is 9.14. The maximum Gasteiger partial charge on any atom is 0.490 e. The monoisotopic (exact) mass is 436 g/mol. The van der Waals surface area contributed by atoms with E-state index in [9.17, 15) is 18.0 Å². The van der Waals surface area contributed by atoms with Crippen LogP contribution in [0.1, 0.15) is 17.0 Å². The minimum Gasteiger partial charge on any atom is -0.489 e. The van der Waals surface area contributed by atoms with Gasteiger partial charge in [-0.3, -0.25) is 9.89 Å². The number of rotatable bonds is 4. The van der Waals surface area contributed by atoms with Gasteiger partial charge < -0.3 is 20.5 Å². The van der Waals surface area contributed by atoms with Crippen molar-refractivity contribution in [1.82, 2.24) is 15.5 Å². The number of benzene rings is 1. The second kappa shape index (κ2) is 9.04. The van der Waals surface area contributed by atoms with Gasteiger partial charge in [0.1, 0.15) is 12.4 Å². The Hall–Kier alpha value is -3.60. The normalized spacial score (nSPS) is 17.5. The van der Waals surface area contributed by atoms with Crippen molar-refractivity contribution in [1.29, 1.82) is 0 Å². The van der Waals surface area contributed by atoms with Crippen molar-refractivity contribution in [3.05, 3.63) is 65.5 Å². The third-order valence-corrected chi connectivity index (χ3v) is 4.58. The zero-order valence-corrected chi connectivity index (χ0v) is 16.1. The number of fused-ring (bicyclic) bond motifs is 1. The molecule has 3 heterocycles. The van der Waals surface area contributed by atoms with Crippen LogP contribution in [0, 0.1) is 0 Å². The average Bonchev–Trinajstić information content (AvgIpc) is 3.19. The number of para-hydroxylation sites is 1. The molecule has 1 atom stereocenters. The van der Waals surface area contributed by atoms with Gasteiger partial charge in [0.25, 0.3) is 0 Å². The molecule has 1 aromatic carbocycles. The van der Waals surface area contributed by atoms with E-state index < -0.39 is 12.1 Å². The lowest BCUT2D eigenvalue weighted by Gasteiger charge is -2.32. The molecule has 164 valence electrons. The molecule has 31 heavy (non-hydrogen) atoms. The number of hydrogen-bond donors (Lipinski definition) is 4. The summed E-state index contributed by atoms with van der Waals surface area (Å²) in [5.41, 5.74) is 3.59. The van der Waals surface area contributed by atoms with E-state index in [-0.39, 0.29) is 11.7 Å². The second-order valence-corrected chi connectivity index (χ2v) is 6.61. The van der Waals surface area contributed by atoms with Gasteiger partial charge in [-0.05, 0) is 6.07 Å². The summed E-state index contributed by atoms with van der Waals surface area (Å²) in [5, 5.41) is 20.7. The van der Waals surface area contributed by atoms with Gasteiger partial charge in [0.05, 0.1) is 6.54 Å². The fraction of sp³-hybridized carbons (Fsp3) is 0.250. The van der Waals surface area contributed by atoms with Gasteiger partial charge in [-0.2, -0.15) is 18.3 Å². The molecule has 8 nitrogen and oxygen atoms in total. The lowest BCUT2D eigenvalue weighted by Crippen LogP contribution is -2.39. The average molecular weight is 436 g/mol. The number of nitrogens with one attached hydrogen (secondary N) is 3. The number of halogens is 3. The van der Waals surface area contributed by atoms with Crippen molar-refractivity contribution >= 4 is 17.6 Å². The Kier molecular flexibility index (Phi) is 6.44. The van der Waals surface area contributed by atoms with Crippen LogP contribution in [0.2, 0.25) is 0 Å². The number of ketones is 1. The maximum atomic E-state index is 12.6. The Morgan fingerprint density at radius 3 is 2.68 bits per heavy atom. The lowest BCUT2D eigenvalue weighted by atomic mass is 9.79. The number of carboxylic acid groups (broad SMARTS) is 1. The van der Waals surface area contributed by atoms with Crippen LogP contribution in [-0.4, -0.2) is 52.9 Å². The van der Waals surface area contributed by atoms with Crippen molar-refractivity contribution in [3.63, 3.8) is 0 Å². The van der Waals surface area contributed by atoms with Gasteiger partial charge in [0.2, 0.25) is 0 Å². The summed E-state index contributed by atoms with van der Waals surface area (Å²) in [4.78, 5) is 21.5. The van der Waals surface area contributed by atoms with Crippen LogP contribution in [0.4, 0.5) is 19.0 Å². The number of alkyl halides is 3. The number of aromatic amines is 1. The van der Waals surface area contributed by atoms with Crippen LogP contribution in [-0.2, 0) is 9.59 Å². The number of nitrogens with zero attached hydrogens (tertiary/aromatic N) is 1. The number of carbonyl (C=O) groups is 2. The predicted octanol–water partition coefficient (Wildman–Crippen LogP) is 2.59. The number of anilines is 1. The van der Waals surface area contributed by atoms with E-state index in [1.165, 1.54) is 0 Å². The molecule has 2 aliphatic rings. The molecule has 0 amide bonds. The van der Waals surface area contributed by atoms with E-state index in [1.807, 2.05) is 30.5 Å². The predicted molar refractivity (Wildman–Crippen MR) is 105 cm³/mol. The highest BCUT2D eigenvalue weighted by atomic mass is 19.4. The van der Waals surface area contributed by atoms with Gasteiger partial charge in [0, 0.05) is 41.1 Å². The zero-order chi connectivity index (χ0) is 22.6. The Bertz CT molecular complexity index is 1030. The van der Waals surface area contributed by atoms with Gasteiger partial charge in [0.15, 0.2) is 11.6 Å². The maximum absolute atomic E-state index is 12.6. The van der Waals surface area contributed by atoms with Crippen LogP contribution in [0.25, 0.3) is 0 Å². The first-order valence-electron chi connectivity index (χ1n) is 9.14. The first kappa shape index (κ1) is 22.1. The number of Topliss-reactive ketones (excluding diaryl/α,β-unsaturated/α-hetero) is 1. The molecule has 0 saturated heterocycles. The van der Waals surface area contributed by atoms with Crippen LogP contribution < -0.4 is 15.4 Å². The number of carboxylic acids is 1. The highest BCUT2D eigenvalue weighted by Gasteiger charge is 2.38. The Morgan fingerprint density at radius 1 is 1.29 bits per heavy atom. The summed E-state index contributed by atoms with van der Waals surface area (Å²) >= 11 is 0.